The third kappa shape index (κ3) is 1.86. The molecule has 0 aromatic carbocycles. The topological polar surface area (TPSA) is 37.3 Å². The number of aliphatic hydroxyl groups is 1. The van der Waals surface area contributed by atoms with Gasteiger partial charge in [-0.05, 0) is 19.8 Å². The first kappa shape index (κ1) is 10.9. The average molecular weight is 200 g/mol. The third-order valence-corrected chi connectivity index (χ3v) is 6.89. The quantitative estimate of drug-likeness (QED) is 0.692. The van der Waals surface area contributed by atoms with Gasteiger partial charge >= 0.3 is 0 Å². The molecule has 3 heteroatoms. The molecule has 76 valence electrons. The van der Waals surface area contributed by atoms with Crippen LogP contribution in [0, 0.1) is 5.92 Å². The Hall–Kier alpha value is -0.153. The lowest BCUT2D eigenvalue weighted by atomic mass is 10.0. The van der Waals surface area contributed by atoms with Gasteiger partial charge in [0.25, 0.3) is 0 Å². The smallest absolute Gasteiger partial charge is 0.138 e. The Morgan fingerprint density at radius 2 is 2.00 bits per heavy atom. The molecule has 1 saturated carbocycles. The minimum absolute atomic E-state index is 0.0841. The lowest BCUT2D eigenvalue weighted by molar-refractivity contribution is -0.124. The Kier molecular flexibility index (Phi) is 2.70. The van der Waals surface area contributed by atoms with Gasteiger partial charge in [0.15, 0.2) is 0 Å². The molecular formula is C10H20O2Si. The van der Waals surface area contributed by atoms with E-state index in [2.05, 4.69) is 19.6 Å². The second-order valence-corrected chi connectivity index (χ2v) is 10.8. The van der Waals surface area contributed by atoms with E-state index in [0.717, 1.165) is 12.8 Å². The number of carbonyl (C=O) groups excluding carboxylic acids is 1. The van der Waals surface area contributed by atoms with Crippen LogP contribution in [0.3, 0.4) is 0 Å². The summed E-state index contributed by atoms with van der Waals surface area (Å²) < 4.78 is 0. The normalized spacial score (nSPS) is 29.0. The highest BCUT2D eigenvalue weighted by molar-refractivity contribution is 6.79. The fraction of sp³-hybridized carbons (Fsp3) is 0.900. The molecule has 1 N–H and O–H groups in total. The Morgan fingerprint density at radius 1 is 1.46 bits per heavy atom. The van der Waals surface area contributed by atoms with Crippen molar-refractivity contribution in [1.29, 1.82) is 0 Å². The second kappa shape index (κ2) is 3.21. The maximum Gasteiger partial charge on any atom is 0.138 e. The minimum Gasteiger partial charge on any atom is -0.393 e. The van der Waals surface area contributed by atoms with E-state index in [4.69, 9.17) is 0 Å². The summed E-state index contributed by atoms with van der Waals surface area (Å²) in [4.78, 5) is 11.5. The molecule has 0 radical (unpaired) electrons. The van der Waals surface area contributed by atoms with Gasteiger partial charge in [0.1, 0.15) is 5.78 Å². The SMILES string of the molecule is C[C@@](O)([C@@H]1CCCC1=O)[Si](C)(C)C. The first-order valence-corrected chi connectivity index (χ1v) is 8.52. The van der Waals surface area contributed by atoms with E-state index in [1.54, 1.807) is 0 Å². The van der Waals surface area contributed by atoms with Gasteiger partial charge in [-0.3, -0.25) is 4.79 Å². The average Bonchev–Trinajstić information content (AvgIpc) is 2.32. The molecule has 1 aliphatic carbocycles. The Bertz CT molecular complexity index is 215. The molecule has 0 unspecified atom stereocenters. The van der Waals surface area contributed by atoms with Crippen LogP contribution in [0.4, 0.5) is 0 Å². The van der Waals surface area contributed by atoms with Crippen LogP contribution >= 0.6 is 0 Å². The molecule has 0 aromatic rings. The lowest BCUT2D eigenvalue weighted by Gasteiger charge is -2.39. The van der Waals surface area contributed by atoms with E-state index in [-0.39, 0.29) is 11.7 Å². The molecule has 0 bridgehead atoms. The number of Topliss-reactive ketones (excluding diaryl/α,β-unsaturated/α-hetero) is 1. The molecule has 0 aromatic heterocycles. The summed E-state index contributed by atoms with van der Waals surface area (Å²) in [6, 6.07) is 0. The summed E-state index contributed by atoms with van der Waals surface area (Å²) in [6.07, 6.45) is 2.52. The minimum atomic E-state index is -1.66. The van der Waals surface area contributed by atoms with Crippen molar-refractivity contribution < 1.29 is 9.90 Å². The summed E-state index contributed by atoms with van der Waals surface area (Å²) >= 11 is 0. The summed E-state index contributed by atoms with van der Waals surface area (Å²) in [5.41, 5.74) is 0. The monoisotopic (exact) mass is 200 g/mol. The molecule has 0 spiro atoms. The van der Waals surface area contributed by atoms with Crippen LogP contribution in [0.15, 0.2) is 0 Å². The van der Waals surface area contributed by atoms with Crippen molar-refractivity contribution in [3.8, 4) is 0 Å². The van der Waals surface area contributed by atoms with Gasteiger partial charge in [-0.15, -0.1) is 0 Å². The van der Waals surface area contributed by atoms with Crippen LogP contribution in [-0.4, -0.2) is 24.2 Å². The highest BCUT2D eigenvalue weighted by atomic mass is 28.3. The summed E-state index contributed by atoms with van der Waals surface area (Å²) in [7, 11) is -1.66. The van der Waals surface area contributed by atoms with Crippen LogP contribution in [0.1, 0.15) is 26.2 Å². The molecule has 1 rings (SSSR count). The van der Waals surface area contributed by atoms with Crippen molar-refractivity contribution >= 4 is 13.9 Å². The Morgan fingerprint density at radius 3 is 2.31 bits per heavy atom. The predicted octanol–water partition coefficient (Wildman–Crippen LogP) is 1.98. The van der Waals surface area contributed by atoms with Crippen LogP contribution in [0.2, 0.25) is 19.6 Å². The summed E-state index contributed by atoms with van der Waals surface area (Å²) in [6.45, 7) is 8.23. The van der Waals surface area contributed by atoms with Gasteiger partial charge in [0.2, 0.25) is 0 Å². The molecule has 0 saturated heterocycles. The number of hydrogen-bond acceptors (Lipinski definition) is 2. The van der Waals surface area contributed by atoms with Gasteiger partial charge in [0.05, 0.1) is 13.3 Å². The molecule has 2 nitrogen and oxygen atoms in total. The highest BCUT2D eigenvalue weighted by Crippen LogP contribution is 2.36. The van der Waals surface area contributed by atoms with Crippen LogP contribution < -0.4 is 0 Å². The molecule has 1 aliphatic rings. The Labute approximate surface area is 81.4 Å². The number of carbonyl (C=O) groups is 1. The molecule has 0 aliphatic heterocycles. The van der Waals surface area contributed by atoms with Crippen LogP contribution in [0.25, 0.3) is 0 Å². The van der Waals surface area contributed by atoms with Crippen molar-refractivity contribution in [2.24, 2.45) is 5.92 Å². The lowest BCUT2D eigenvalue weighted by Crippen LogP contribution is -2.56. The van der Waals surface area contributed by atoms with Crippen molar-refractivity contribution in [1.82, 2.24) is 0 Å². The maximum absolute atomic E-state index is 11.5. The van der Waals surface area contributed by atoms with Crippen molar-refractivity contribution in [2.45, 2.75) is 51.1 Å². The van der Waals surface area contributed by atoms with Gasteiger partial charge in [0, 0.05) is 12.3 Å². The van der Waals surface area contributed by atoms with E-state index >= 15 is 0 Å². The van der Waals surface area contributed by atoms with Gasteiger partial charge < -0.3 is 5.11 Å². The largest absolute Gasteiger partial charge is 0.393 e. The van der Waals surface area contributed by atoms with Gasteiger partial charge in [-0.25, -0.2) is 0 Å². The summed E-state index contributed by atoms with van der Waals surface area (Å²) in [5.74, 6) is 0.187. The Balaban J connectivity index is 2.86. The predicted molar refractivity (Wildman–Crippen MR) is 56.3 cm³/mol. The molecular weight excluding hydrogens is 180 g/mol. The maximum atomic E-state index is 11.5. The van der Waals surface area contributed by atoms with E-state index in [0.29, 0.717) is 6.42 Å². The fourth-order valence-corrected chi connectivity index (χ4v) is 3.28. The van der Waals surface area contributed by atoms with Crippen LogP contribution in [0.5, 0.6) is 0 Å². The second-order valence-electron chi connectivity index (χ2n) is 5.31. The standard InChI is InChI=1S/C10H20O2Si/c1-10(12,13(2,3)4)8-6-5-7-9(8)11/h8,12H,5-7H2,1-4H3/t8-,10+/m1/s1. The van der Waals surface area contributed by atoms with Crippen molar-refractivity contribution in [3.63, 3.8) is 0 Å². The van der Waals surface area contributed by atoms with E-state index in [9.17, 15) is 9.90 Å². The van der Waals surface area contributed by atoms with E-state index in [1.165, 1.54) is 0 Å². The zero-order chi connectivity index (χ0) is 10.3. The van der Waals surface area contributed by atoms with Crippen LogP contribution in [-0.2, 0) is 4.79 Å². The van der Waals surface area contributed by atoms with Gasteiger partial charge in [-0.2, -0.15) is 0 Å². The van der Waals surface area contributed by atoms with Crippen molar-refractivity contribution in [3.05, 3.63) is 0 Å². The van der Waals surface area contributed by atoms with E-state index < -0.39 is 13.3 Å². The zero-order valence-corrected chi connectivity index (χ0v) is 10.1. The molecule has 1 fully saturated rings. The fourth-order valence-electron chi connectivity index (χ4n) is 1.93. The van der Waals surface area contributed by atoms with Crippen molar-refractivity contribution in [2.75, 3.05) is 0 Å². The number of ketones is 1. The molecule has 2 atom stereocenters. The first-order chi connectivity index (χ1) is 5.77. The summed E-state index contributed by atoms with van der Waals surface area (Å²) in [5, 5.41) is 9.64. The van der Waals surface area contributed by atoms with Gasteiger partial charge in [-0.1, -0.05) is 19.6 Å². The molecule has 13 heavy (non-hydrogen) atoms. The zero-order valence-electron chi connectivity index (χ0n) is 9.05. The third-order valence-electron chi connectivity index (χ3n) is 3.50. The molecule has 0 amide bonds. The first-order valence-electron chi connectivity index (χ1n) is 5.02. The molecule has 0 heterocycles. The number of rotatable bonds is 2. The van der Waals surface area contributed by atoms with E-state index in [1.807, 2.05) is 6.92 Å². The number of hydrogen-bond donors (Lipinski definition) is 1. The highest BCUT2D eigenvalue weighted by Gasteiger charge is 2.48.